The lowest BCUT2D eigenvalue weighted by Crippen LogP contribution is -2.44. The summed E-state index contributed by atoms with van der Waals surface area (Å²) >= 11 is 0. The van der Waals surface area contributed by atoms with Gasteiger partial charge in [-0.15, -0.1) is 0 Å². The van der Waals surface area contributed by atoms with Crippen molar-refractivity contribution in [2.24, 2.45) is 23.2 Å². The summed E-state index contributed by atoms with van der Waals surface area (Å²) in [6.07, 6.45) is 5.18. The maximum absolute atomic E-state index is 15.2. The zero-order valence-electron chi connectivity index (χ0n) is 28.4. The SMILES string of the molecule is CCC(CC)CN([C@@H](CC(C)C)C(=O)O)P(=O)(OCC1(COC(=O)C(C)C)C/C1=C/n1cnc2c(=O)[nH]c(N)nc21)Oc1ccccc1. The summed E-state index contributed by atoms with van der Waals surface area (Å²) in [5, 5.41) is 10.4. The van der Waals surface area contributed by atoms with Crippen LogP contribution in [0.1, 0.15) is 67.2 Å². The number of benzene rings is 1. The minimum Gasteiger partial charge on any atom is -0.480 e. The van der Waals surface area contributed by atoms with Crippen LogP contribution in [0.15, 0.2) is 47.0 Å². The number of imidazole rings is 1. The van der Waals surface area contributed by atoms with Gasteiger partial charge in [-0.1, -0.05) is 72.6 Å². The highest BCUT2D eigenvalue weighted by molar-refractivity contribution is 7.51. The Labute approximate surface area is 280 Å². The number of nitrogens with one attached hydrogen (secondary N) is 1. The van der Waals surface area contributed by atoms with Crippen LogP contribution in [0.25, 0.3) is 17.4 Å². The topological polar surface area (TPSA) is 192 Å². The summed E-state index contributed by atoms with van der Waals surface area (Å²) in [6, 6.07) is 7.35. The Hall–Kier alpha value is -4.00. The maximum Gasteiger partial charge on any atom is 0.462 e. The van der Waals surface area contributed by atoms with E-state index in [4.69, 9.17) is 19.5 Å². The largest absolute Gasteiger partial charge is 0.480 e. The first kappa shape index (κ1) is 36.8. The van der Waals surface area contributed by atoms with E-state index in [2.05, 4.69) is 15.0 Å². The summed E-state index contributed by atoms with van der Waals surface area (Å²) in [5.41, 5.74) is 5.44. The normalized spacial score (nSPS) is 18.9. The summed E-state index contributed by atoms with van der Waals surface area (Å²) in [6.45, 7) is 11.1. The van der Waals surface area contributed by atoms with Gasteiger partial charge >= 0.3 is 19.7 Å². The van der Waals surface area contributed by atoms with Crippen LogP contribution in [-0.4, -0.2) is 67.0 Å². The van der Waals surface area contributed by atoms with E-state index in [1.807, 2.05) is 27.7 Å². The fourth-order valence-electron chi connectivity index (χ4n) is 5.39. The van der Waals surface area contributed by atoms with E-state index in [9.17, 15) is 19.5 Å². The molecule has 0 amide bonds. The molecule has 3 aromatic rings. The summed E-state index contributed by atoms with van der Waals surface area (Å²) in [5.74, 6) is -1.76. The van der Waals surface area contributed by atoms with Crippen LogP contribution < -0.4 is 15.8 Å². The number of anilines is 1. The Morgan fingerprint density at radius 2 is 1.85 bits per heavy atom. The number of hydrogen-bond donors (Lipinski definition) is 3. The zero-order chi connectivity index (χ0) is 35.2. The molecule has 0 spiro atoms. The van der Waals surface area contributed by atoms with Crippen molar-refractivity contribution in [3.05, 3.63) is 52.6 Å². The molecule has 262 valence electrons. The van der Waals surface area contributed by atoms with Gasteiger partial charge in [0.2, 0.25) is 5.95 Å². The molecule has 0 aliphatic heterocycles. The van der Waals surface area contributed by atoms with Gasteiger partial charge in [0.25, 0.3) is 5.56 Å². The van der Waals surface area contributed by atoms with Crippen LogP contribution in [0.3, 0.4) is 0 Å². The number of para-hydroxylation sites is 1. The van der Waals surface area contributed by atoms with E-state index in [0.29, 0.717) is 6.42 Å². The van der Waals surface area contributed by atoms with Gasteiger partial charge in [0.05, 0.1) is 17.9 Å². The van der Waals surface area contributed by atoms with Gasteiger partial charge in [-0.25, -0.2) is 9.55 Å². The van der Waals surface area contributed by atoms with Gasteiger partial charge in [-0.2, -0.15) is 9.65 Å². The molecule has 1 aliphatic carbocycles. The number of carboxylic acids is 1. The van der Waals surface area contributed by atoms with Crippen molar-refractivity contribution < 1.29 is 33.0 Å². The number of H-pyrrole nitrogens is 1. The number of rotatable bonds is 18. The molecule has 3 atom stereocenters. The molecular weight excluding hydrogens is 639 g/mol. The van der Waals surface area contributed by atoms with Gasteiger partial charge in [0.15, 0.2) is 11.2 Å². The number of aromatic amines is 1. The summed E-state index contributed by atoms with van der Waals surface area (Å²) < 4.78 is 36.3. The third-order valence-corrected chi connectivity index (χ3v) is 10.5. The lowest BCUT2D eigenvalue weighted by atomic mass is 10.0. The van der Waals surface area contributed by atoms with E-state index in [-0.39, 0.29) is 66.8 Å². The molecule has 15 heteroatoms. The molecule has 2 aromatic heterocycles. The average Bonchev–Trinajstić information content (AvgIpc) is 3.57. The van der Waals surface area contributed by atoms with Crippen LogP contribution in [0.2, 0.25) is 0 Å². The number of ether oxygens (including phenoxy) is 1. The molecule has 1 aromatic carbocycles. The lowest BCUT2D eigenvalue weighted by molar-refractivity contribution is -0.149. The molecule has 1 saturated carbocycles. The second-order valence-electron chi connectivity index (χ2n) is 13.1. The van der Waals surface area contributed by atoms with Crippen LogP contribution in [0, 0.1) is 23.2 Å². The van der Waals surface area contributed by atoms with Gasteiger partial charge < -0.3 is 20.1 Å². The highest BCUT2D eigenvalue weighted by Gasteiger charge is 2.54. The molecule has 4 rings (SSSR count). The van der Waals surface area contributed by atoms with Crippen molar-refractivity contribution in [3.8, 4) is 5.75 Å². The monoisotopic (exact) mass is 686 g/mol. The van der Waals surface area contributed by atoms with Crippen molar-refractivity contribution in [2.75, 3.05) is 25.5 Å². The quantitative estimate of drug-likeness (QED) is 0.111. The summed E-state index contributed by atoms with van der Waals surface area (Å²) in [7, 11) is -4.38. The number of nitrogens with two attached hydrogens (primary N) is 1. The first-order valence-corrected chi connectivity index (χ1v) is 17.8. The third-order valence-electron chi connectivity index (χ3n) is 8.51. The first-order valence-electron chi connectivity index (χ1n) is 16.3. The number of aliphatic carboxylic acids is 1. The van der Waals surface area contributed by atoms with E-state index >= 15 is 4.57 Å². The van der Waals surface area contributed by atoms with Crippen LogP contribution in [0.5, 0.6) is 5.75 Å². The molecule has 0 saturated heterocycles. The zero-order valence-corrected chi connectivity index (χ0v) is 29.3. The number of carbonyl (C=O) groups excluding carboxylic acids is 1. The molecule has 2 unspecified atom stereocenters. The Morgan fingerprint density at radius 1 is 1.17 bits per heavy atom. The number of esters is 1. The molecule has 1 aliphatic rings. The second-order valence-corrected chi connectivity index (χ2v) is 15.0. The van der Waals surface area contributed by atoms with Crippen LogP contribution >= 0.6 is 7.75 Å². The van der Waals surface area contributed by atoms with Gasteiger partial charge in [-0.3, -0.25) is 28.5 Å². The van der Waals surface area contributed by atoms with Crippen molar-refractivity contribution in [1.29, 1.82) is 0 Å². The Balaban J connectivity index is 1.77. The molecule has 14 nitrogen and oxygen atoms in total. The fraction of sp³-hybridized carbons (Fsp3) is 0.545. The van der Waals surface area contributed by atoms with E-state index in [1.54, 1.807) is 54.9 Å². The molecule has 0 radical (unpaired) electrons. The minimum absolute atomic E-state index is 0.0188. The van der Waals surface area contributed by atoms with Gasteiger partial charge in [0, 0.05) is 12.7 Å². The van der Waals surface area contributed by atoms with Crippen LogP contribution in [-0.2, 0) is 23.4 Å². The molecular formula is C33H47N6O8P. The fourth-order valence-corrected chi connectivity index (χ4v) is 7.46. The first-order chi connectivity index (χ1) is 22.7. The van der Waals surface area contributed by atoms with E-state index < -0.39 is 36.7 Å². The van der Waals surface area contributed by atoms with E-state index in [1.165, 1.54) is 11.0 Å². The highest BCUT2D eigenvalue weighted by Crippen LogP contribution is 2.60. The predicted molar refractivity (Wildman–Crippen MR) is 182 cm³/mol. The van der Waals surface area contributed by atoms with Crippen molar-refractivity contribution >= 4 is 43.0 Å². The smallest absolute Gasteiger partial charge is 0.462 e. The number of hydrogen-bond acceptors (Lipinski definition) is 10. The number of carboxylic acid groups (broad SMARTS) is 1. The Morgan fingerprint density at radius 3 is 2.46 bits per heavy atom. The number of fused-ring (bicyclic) bond motifs is 1. The highest BCUT2D eigenvalue weighted by atomic mass is 31.2. The minimum atomic E-state index is -4.38. The van der Waals surface area contributed by atoms with Gasteiger partial charge in [-0.05, 0) is 42.4 Å². The predicted octanol–water partition coefficient (Wildman–Crippen LogP) is 5.57. The number of nitrogens with zero attached hydrogens (tertiary/aromatic N) is 4. The maximum atomic E-state index is 15.2. The molecule has 2 heterocycles. The second kappa shape index (κ2) is 15.5. The third kappa shape index (κ3) is 8.72. The molecule has 4 N–H and O–H groups in total. The molecule has 48 heavy (non-hydrogen) atoms. The Kier molecular flexibility index (Phi) is 11.9. The van der Waals surface area contributed by atoms with E-state index in [0.717, 1.165) is 18.4 Å². The van der Waals surface area contributed by atoms with Crippen LogP contribution in [0.4, 0.5) is 5.95 Å². The summed E-state index contributed by atoms with van der Waals surface area (Å²) in [4.78, 5) is 48.5. The average molecular weight is 687 g/mol. The standard InChI is InChI=1S/C33H47N6O8P/c1-7-23(8-2)16-39(26(30(41)42)14-21(3)4)48(44,47-25-12-10-9-11-13-25)46-19-33(18-45-31(43)22(5)6)15-24(33)17-38-20-35-27-28(38)36-32(34)37-29(27)40/h9-13,17,20-23,26H,7-8,14-16,18-19H2,1-6H3,(H,41,42)(H3,34,36,37,40)/b24-17-/t26-,33?,48?/m0/s1. The van der Waals surface area contributed by atoms with Gasteiger partial charge in [0.1, 0.15) is 24.7 Å². The van der Waals surface area contributed by atoms with Crippen molar-refractivity contribution in [3.63, 3.8) is 0 Å². The number of carbonyl (C=O) groups is 2. The number of aromatic nitrogens is 4. The molecule has 1 fully saturated rings. The Bertz CT molecular complexity index is 1720. The van der Waals surface area contributed by atoms with Crippen molar-refractivity contribution in [1.82, 2.24) is 24.2 Å². The lowest BCUT2D eigenvalue weighted by Gasteiger charge is -2.37. The number of nitrogen functional groups attached to an aromatic ring is 1. The van der Waals surface area contributed by atoms with Crippen molar-refractivity contribution in [2.45, 2.75) is 73.3 Å². The molecule has 0 bridgehead atoms.